The van der Waals surface area contributed by atoms with E-state index in [1.165, 1.54) is 25.7 Å². The van der Waals surface area contributed by atoms with Gasteiger partial charge in [0.1, 0.15) is 0 Å². The van der Waals surface area contributed by atoms with Crippen molar-refractivity contribution in [3.63, 3.8) is 0 Å². The van der Waals surface area contributed by atoms with Crippen molar-refractivity contribution in [1.29, 1.82) is 0 Å². The molecule has 2 amide bonds. The molecule has 24 heavy (non-hydrogen) atoms. The summed E-state index contributed by atoms with van der Waals surface area (Å²) in [6, 6.07) is 6.79. The zero-order chi connectivity index (χ0) is 16.4. The molecular weight excluding hydrogens is 300 g/mol. The number of fused-ring (bicyclic) bond motifs is 2. The molecule has 1 aromatic heterocycles. The summed E-state index contributed by atoms with van der Waals surface area (Å²) in [7, 11) is 0. The lowest BCUT2D eigenvalue weighted by Gasteiger charge is -2.40. The number of nitrogens with one attached hydrogen (secondary N) is 1. The number of carbonyl (C=O) groups is 1. The summed E-state index contributed by atoms with van der Waals surface area (Å²) in [5.74, 6) is 1.93. The van der Waals surface area contributed by atoms with Crippen LogP contribution < -0.4 is 5.32 Å². The number of hydrogen-bond donors (Lipinski definition) is 1. The quantitative estimate of drug-likeness (QED) is 0.921. The number of aromatic nitrogens is 1. The van der Waals surface area contributed by atoms with E-state index in [2.05, 4.69) is 15.2 Å². The first kappa shape index (κ1) is 15.9. The summed E-state index contributed by atoms with van der Waals surface area (Å²) >= 11 is 0. The number of hydrogen-bond acceptors (Lipinski definition) is 3. The third kappa shape index (κ3) is 3.41. The zero-order valence-electron chi connectivity index (χ0n) is 14.4. The summed E-state index contributed by atoms with van der Waals surface area (Å²) in [6.07, 6.45) is 8.34. The lowest BCUT2D eigenvalue weighted by atomic mass is 9.93. The topological polar surface area (TPSA) is 48.5 Å². The normalized spacial score (nSPS) is 29.8. The lowest BCUT2D eigenvalue weighted by molar-refractivity contribution is 0.0828. The van der Waals surface area contributed by atoms with Gasteiger partial charge in [0.05, 0.1) is 0 Å². The second kappa shape index (κ2) is 7.09. The molecule has 1 aromatic rings. The molecule has 4 rings (SSSR count). The Hall–Kier alpha value is -1.62. The van der Waals surface area contributed by atoms with Crippen molar-refractivity contribution in [2.24, 2.45) is 11.8 Å². The van der Waals surface area contributed by atoms with E-state index >= 15 is 0 Å². The van der Waals surface area contributed by atoms with Crippen LogP contribution in [-0.4, -0.2) is 59.6 Å². The van der Waals surface area contributed by atoms with Gasteiger partial charge in [-0.25, -0.2) is 4.79 Å². The monoisotopic (exact) mass is 328 g/mol. The van der Waals surface area contributed by atoms with Gasteiger partial charge >= 0.3 is 6.03 Å². The number of urea groups is 1. The Morgan fingerprint density at radius 1 is 1.17 bits per heavy atom. The molecule has 2 saturated carbocycles. The average Bonchev–Trinajstić information content (AvgIpc) is 3.26. The van der Waals surface area contributed by atoms with Crippen molar-refractivity contribution < 1.29 is 4.79 Å². The van der Waals surface area contributed by atoms with E-state index in [0.29, 0.717) is 6.54 Å². The van der Waals surface area contributed by atoms with Crippen LogP contribution in [-0.2, 0) is 6.42 Å². The highest BCUT2D eigenvalue weighted by Crippen LogP contribution is 2.46. The Balaban J connectivity index is 1.19. The molecule has 3 fully saturated rings. The van der Waals surface area contributed by atoms with E-state index in [0.717, 1.165) is 56.2 Å². The Morgan fingerprint density at radius 2 is 2.04 bits per heavy atom. The van der Waals surface area contributed by atoms with Gasteiger partial charge in [0.25, 0.3) is 0 Å². The maximum atomic E-state index is 12.3. The highest BCUT2D eigenvalue weighted by atomic mass is 16.2. The van der Waals surface area contributed by atoms with Crippen LogP contribution in [0.2, 0.25) is 0 Å². The first-order chi connectivity index (χ1) is 11.8. The maximum Gasteiger partial charge on any atom is 0.317 e. The summed E-state index contributed by atoms with van der Waals surface area (Å²) in [4.78, 5) is 21.2. The van der Waals surface area contributed by atoms with Crippen LogP contribution in [0.3, 0.4) is 0 Å². The molecule has 1 aliphatic heterocycles. The number of pyridine rings is 1. The standard InChI is InChI=1S/C19H28N4O/c24-19(21-8-6-17-3-1-2-7-20-17)23-11-9-22(10-12-23)18-14-15-4-5-16(18)13-15/h1-3,7,15-16,18H,4-6,8-14H2,(H,21,24)/t15-,16-,18+/m0/s1. The van der Waals surface area contributed by atoms with E-state index in [4.69, 9.17) is 0 Å². The molecule has 0 aromatic carbocycles. The molecule has 2 heterocycles. The minimum Gasteiger partial charge on any atom is -0.338 e. The molecule has 0 spiro atoms. The molecular formula is C19H28N4O. The van der Waals surface area contributed by atoms with E-state index in [9.17, 15) is 4.79 Å². The Morgan fingerprint density at radius 3 is 2.71 bits per heavy atom. The fourth-order valence-electron chi connectivity index (χ4n) is 4.87. The predicted molar refractivity (Wildman–Crippen MR) is 93.7 cm³/mol. The van der Waals surface area contributed by atoms with E-state index in [1.54, 1.807) is 6.20 Å². The Kier molecular flexibility index (Phi) is 4.69. The van der Waals surface area contributed by atoms with Gasteiger partial charge in [-0.2, -0.15) is 0 Å². The van der Waals surface area contributed by atoms with Gasteiger partial charge in [-0.3, -0.25) is 9.88 Å². The minimum atomic E-state index is 0.0820. The molecule has 0 unspecified atom stereocenters. The van der Waals surface area contributed by atoms with Crippen molar-refractivity contribution in [2.45, 2.75) is 38.1 Å². The summed E-state index contributed by atoms with van der Waals surface area (Å²) in [5.41, 5.74) is 1.03. The van der Waals surface area contributed by atoms with Crippen molar-refractivity contribution in [1.82, 2.24) is 20.1 Å². The van der Waals surface area contributed by atoms with Gasteiger partial charge in [0.2, 0.25) is 0 Å². The van der Waals surface area contributed by atoms with Gasteiger partial charge in [0.15, 0.2) is 0 Å². The fraction of sp³-hybridized carbons (Fsp3) is 0.684. The molecule has 130 valence electrons. The summed E-state index contributed by atoms with van der Waals surface area (Å²) < 4.78 is 0. The van der Waals surface area contributed by atoms with Gasteiger partial charge in [-0.1, -0.05) is 12.5 Å². The Bertz CT molecular complexity index is 556. The summed E-state index contributed by atoms with van der Waals surface area (Å²) in [5, 5.41) is 3.04. The number of carbonyl (C=O) groups excluding carboxylic acids is 1. The van der Waals surface area contributed by atoms with E-state index < -0.39 is 0 Å². The van der Waals surface area contributed by atoms with Gasteiger partial charge in [0, 0.05) is 57.1 Å². The van der Waals surface area contributed by atoms with Crippen LogP contribution in [0.15, 0.2) is 24.4 Å². The van der Waals surface area contributed by atoms with Crippen LogP contribution in [0.4, 0.5) is 4.79 Å². The zero-order valence-corrected chi connectivity index (χ0v) is 14.4. The van der Waals surface area contributed by atoms with Crippen molar-refractivity contribution in [2.75, 3.05) is 32.7 Å². The molecule has 1 saturated heterocycles. The molecule has 3 aliphatic rings. The molecule has 0 radical (unpaired) electrons. The summed E-state index contributed by atoms with van der Waals surface area (Å²) in [6.45, 7) is 4.47. The van der Waals surface area contributed by atoms with Crippen LogP contribution in [0.5, 0.6) is 0 Å². The molecule has 5 nitrogen and oxygen atoms in total. The minimum absolute atomic E-state index is 0.0820. The molecule has 2 aliphatic carbocycles. The van der Waals surface area contributed by atoms with Gasteiger partial charge < -0.3 is 10.2 Å². The second-order valence-corrected chi connectivity index (χ2v) is 7.57. The van der Waals surface area contributed by atoms with Crippen LogP contribution >= 0.6 is 0 Å². The third-order valence-corrected chi connectivity index (χ3v) is 6.15. The highest BCUT2D eigenvalue weighted by Gasteiger charge is 2.42. The SMILES string of the molecule is O=C(NCCc1ccccn1)N1CCN([C@@H]2C[C@H]3CC[C@H]2C3)CC1. The van der Waals surface area contributed by atoms with Crippen molar-refractivity contribution in [3.05, 3.63) is 30.1 Å². The predicted octanol–water partition coefficient (Wildman–Crippen LogP) is 2.14. The van der Waals surface area contributed by atoms with Gasteiger partial charge in [-0.15, -0.1) is 0 Å². The van der Waals surface area contributed by atoms with E-state index in [1.807, 2.05) is 23.1 Å². The molecule has 1 N–H and O–H groups in total. The van der Waals surface area contributed by atoms with Crippen LogP contribution in [0.1, 0.15) is 31.4 Å². The van der Waals surface area contributed by atoms with E-state index in [-0.39, 0.29) is 6.03 Å². The number of piperazine rings is 1. The maximum absolute atomic E-state index is 12.3. The smallest absolute Gasteiger partial charge is 0.317 e. The van der Waals surface area contributed by atoms with Crippen molar-refractivity contribution >= 4 is 6.03 Å². The number of amides is 2. The van der Waals surface area contributed by atoms with Crippen molar-refractivity contribution in [3.8, 4) is 0 Å². The van der Waals surface area contributed by atoms with Crippen LogP contribution in [0, 0.1) is 11.8 Å². The van der Waals surface area contributed by atoms with Gasteiger partial charge in [-0.05, 0) is 43.2 Å². The molecule has 2 bridgehead atoms. The number of nitrogens with zero attached hydrogens (tertiary/aromatic N) is 3. The lowest BCUT2D eigenvalue weighted by Crippen LogP contribution is -2.55. The first-order valence-electron chi connectivity index (χ1n) is 9.46. The average molecular weight is 328 g/mol. The number of rotatable bonds is 4. The Labute approximate surface area is 144 Å². The van der Waals surface area contributed by atoms with Crippen LogP contribution in [0.25, 0.3) is 0 Å². The molecule has 5 heteroatoms. The second-order valence-electron chi connectivity index (χ2n) is 7.57. The third-order valence-electron chi connectivity index (χ3n) is 6.15. The highest BCUT2D eigenvalue weighted by molar-refractivity contribution is 5.74. The largest absolute Gasteiger partial charge is 0.338 e. The first-order valence-corrected chi connectivity index (χ1v) is 9.46. The fourth-order valence-corrected chi connectivity index (χ4v) is 4.87. The molecule has 3 atom stereocenters.